The lowest BCUT2D eigenvalue weighted by atomic mass is 10.2. The summed E-state index contributed by atoms with van der Waals surface area (Å²) in [6.45, 7) is 0. The van der Waals surface area contributed by atoms with Gasteiger partial charge >= 0.3 is 0 Å². The fraction of sp³-hybridized carbons (Fsp3) is 0.111. The van der Waals surface area contributed by atoms with E-state index in [1.54, 1.807) is 0 Å². The summed E-state index contributed by atoms with van der Waals surface area (Å²) in [7, 11) is 0. The minimum atomic E-state index is 0.544. The summed E-state index contributed by atoms with van der Waals surface area (Å²) in [5.41, 5.74) is 0.913. The number of benzene rings is 1. The molecule has 72 valence electrons. The van der Waals surface area contributed by atoms with Gasteiger partial charge in [-0.15, -0.1) is 22.8 Å². The van der Waals surface area contributed by atoms with Gasteiger partial charge in [-0.1, -0.05) is 11.8 Å². The molecule has 1 aromatic carbocycles. The van der Waals surface area contributed by atoms with Crippen molar-refractivity contribution in [1.29, 1.82) is 0 Å². The third-order valence-electron chi connectivity index (χ3n) is 1.70. The van der Waals surface area contributed by atoms with Crippen LogP contribution >= 0.6 is 24.4 Å². The highest BCUT2D eigenvalue weighted by Crippen LogP contribution is 2.22. The molecule has 0 saturated carbocycles. The Labute approximate surface area is 91.3 Å². The van der Waals surface area contributed by atoms with Crippen molar-refractivity contribution >= 4 is 24.4 Å². The maximum absolute atomic E-state index is 5.37. The summed E-state index contributed by atoms with van der Waals surface area (Å²) in [5, 5.41) is 8.36. The molecule has 0 N–H and O–H groups in total. The molecule has 0 aliphatic carbocycles. The first-order valence-corrected chi connectivity index (χ1v) is 5.63. The van der Waals surface area contributed by atoms with Crippen LogP contribution in [0.5, 0.6) is 0 Å². The van der Waals surface area contributed by atoms with Gasteiger partial charge in [0.25, 0.3) is 5.22 Å². The van der Waals surface area contributed by atoms with Crippen molar-refractivity contribution in [2.24, 2.45) is 0 Å². The van der Waals surface area contributed by atoms with Crippen LogP contribution < -0.4 is 0 Å². The van der Waals surface area contributed by atoms with Gasteiger partial charge in [0.2, 0.25) is 5.89 Å². The van der Waals surface area contributed by atoms with Crippen molar-refractivity contribution < 1.29 is 4.42 Å². The molecule has 0 bridgehead atoms. The minimum absolute atomic E-state index is 0.544. The molecule has 0 aliphatic rings. The van der Waals surface area contributed by atoms with Gasteiger partial charge in [-0.3, -0.25) is 0 Å². The van der Waals surface area contributed by atoms with Gasteiger partial charge in [0.05, 0.1) is 0 Å². The number of rotatable bonds is 2. The number of thiol groups is 1. The molecule has 0 atom stereocenters. The molecule has 0 saturated heterocycles. The van der Waals surface area contributed by atoms with Crippen LogP contribution in [-0.4, -0.2) is 16.5 Å². The lowest BCUT2D eigenvalue weighted by molar-refractivity contribution is 0.466. The predicted molar refractivity (Wildman–Crippen MR) is 58.8 cm³/mol. The molecule has 14 heavy (non-hydrogen) atoms. The molecule has 2 aromatic rings. The van der Waals surface area contributed by atoms with Crippen molar-refractivity contribution in [3.63, 3.8) is 0 Å². The Morgan fingerprint density at radius 1 is 1.21 bits per heavy atom. The van der Waals surface area contributed by atoms with E-state index >= 15 is 0 Å². The van der Waals surface area contributed by atoms with E-state index in [-0.39, 0.29) is 0 Å². The van der Waals surface area contributed by atoms with Crippen molar-refractivity contribution in [2.75, 3.05) is 6.26 Å². The Morgan fingerprint density at radius 3 is 2.50 bits per heavy atom. The maximum atomic E-state index is 5.37. The molecule has 2 rings (SSSR count). The van der Waals surface area contributed by atoms with Crippen LogP contribution in [0.3, 0.4) is 0 Å². The van der Waals surface area contributed by atoms with E-state index in [1.807, 2.05) is 30.5 Å². The molecule has 0 aliphatic heterocycles. The van der Waals surface area contributed by atoms with E-state index in [4.69, 9.17) is 4.42 Å². The molecule has 1 aromatic heterocycles. The smallest absolute Gasteiger partial charge is 0.276 e. The van der Waals surface area contributed by atoms with E-state index in [0.29, 0.717) is 11.1 Å². The second-order valence-corrected chi connectivity index (χ2v) is 3.90. The van der Waals surface area contributed by atoms with Crippen molar-refractivity contribution in [2.45, 2.75) is 10.1 Å². The Hall–Kier alpha value is -0.940. The van der Waals surface area contributed by atoms with Crippen LogP contribution in [0, 0.1) is 0 Å². The average Bonchev–Trinajstić information content (AvgIpc) is 2.67. The van der Waals surface area contributed by atoms with Crippen LogP contribution in [-0.2, 0) is 0 Å². The fourth-order valence-electron chi connectivity index (χ4n) is 1.01. The third-order valence-corrected chi connectivity index (χ3v) is 2.51. The Balaban J connectivity index is 2.34. The first-order valence-electron chi connectivity index (χ1n) is 3.96. The molecule has 0 amide bonds. The van der Waals surface area contributed by atoms with Gasteiger partial charge in [0, 0.05) is 10.5 Å². The van der Waals surface area contributed by atoms with Crippen LogP contribution in [0.1, 0.15) is 0 Å². The highest BCUT2D eigenvalue weighted by Gasteiger charge is 2.06. The van der Waals surface area contributed by atoms with Crippen LogP contribution in [0.2, 0.25) is 0 Å². The molecule has 0 fully saturated rings. The van der Waals surface area contributed by atoms with Gasteiger partial charge < -0.3 is 4.42 Å². The highest BCUT2D eigenvalue weighted by atomic mass is 32.2. The van der Waals surface area contributed by atoms with Crippen LogP contribution in [0.15, 0.2) is 38.8 Å². The van der Waals surface area contributed by atoms with Crippen molar-refractivity contribution in [3.05, 3.63) is 24.3 Å². The molecule has 1 heterocycles. The van der Waals surface area contributed by atoms with E-state index in [2.05, 4.69) is 22.8 Å². The molecular weight excluding hydrogens is 216 g/mol. The summed E-state index contributed by atoms with van der Waals surface area (Å²) < 4.78 is 5.37. The summed E-state index contributed by atoms with van der Waals surface area (Å²) in [4.78, 5) is 0.915. The van der Waals surface area contributed by atoms with Gasteiger partial charge in [-0.25, -0.2) is 0 Å². The SMILES string of the molecule is CSc1nnc(-c2ccc(S)cc2)o1. The van der Waals surface area contributed by atoms with E-state index in [9.17, 15) is 0 Å². The molecule has 0 unspecified atom stereocenters. The minimum Gasteiger partial charge on any atom is -0.411 e. The number of hydrogen-bond donors (Lipinski definition) is 1. The van der Waals surface area contributed by atoms with Gasteiger partial charge in [-0.2, -0.15) is 0 Å². The highest BCUT2D eigenvalue weighted by molar-refractivity contribution is 7.98. The largest absolute Gasteiger partial charge is 0.411 e. The van der Waals surface area contributed by atoms with Gasteiger partial charge in [0.15, 0.2) is 0 Å². The first-order chi connectivity index (χ1) is 6.79. The summed E-state index contributed by atoms with van der Waals surface area (Å²) in [6.07, 6.45) is 1.90. The lowest BCUT2D eigenvalue weighted by Gasteiger charge is -1.94. The second-order valence-electron chi connectivity index (χ2n) is 2.62. The van der Waals surface area contributed by atoms with Crippen molar-refractivity contribution in [1.82, 2.24) is 10.2 Å². The fourth-order valence-corrected chi connectivity index (χ4v) is 1.45. The summed E-state index contributed by atoms with van der Waals surface area (Å²) in [6, 6.07) is 7.59. The topological polar surface area (TPSA) is 38.9 Å². The Kier molecular flexibility index (Phi) is 2.79. The Bertz CT molecular complexity index is 425. The van der Waals surface area contributed by atoms with E-state index in [1.165, 1.54) is 11.8 Å². The van der Waals surface area contributed by atoms with Gasteiger partial charge in [-0.05, 0) is 30.5 Å². The molecule has 3 nitrogen and oxygen atoms in total. The zero-order valence-electron chi connectivity index (χ0n) is 7.47. The number of thioether (sulfide) groups is 1. The second kappa shape index (κ2) is 4.06. The summed E-state index contributed by atoms with van der Waals surface area (Å²) in [5.74, 6) is 0.544. The van der Waals surface area contributed by atoms with Gasteiger partial charge in [0.1, 0.15) is 0 Å². The quantitative estimate of drug-likeness (QED) is 0.629. The molecule has 0 radical (unpaired) electrons. The zero-order chi connectivity index (χ0) is 9.97. The standard InChI is InChI=1S/C9H8N2OS2/c1-14-9-11-10-8(12-9)6-2-4-7(13)5-3-6/h2-5,13H,1H3. The monoisotopic (exact) mass is 224 g/mol. The van der Waals surface area contributed by atoms with E-state index in [0.717, 1.165) is 10.5 Å². The normalized spacial score (nSPS) is 10.4. The first kappa shape index (κ1) is 9.61. The van der Waals surface area contributed by atoms with Crippen LogP contribution in [0.4, 0.5) is 0 Å². The summed E-state index contributed by atoms with van der Waals surface area (Å²) >= 11 is 5.63. The predicted octanol–water partition coefficient (Wildman–Crippen LogP) is 2.75. The number of hydrogen-bond acceptors (Lipinski definition) is 5. The molecule has 0 spiro atoms. The van der Waals surface area contributed by atoms with Crippen LogP contribution in [0.25, 0.3) is 11.5 Å². The number of aromatic nitrogens is 2. The lowest BCUT2D eigenvalue weighted by Crippen LogP contribution is -1.76. The molecule has 5 heteroatoms. The zero-order valence-corrected chi connectivity index (χ0v) is 9.18. The van der Waals surface area contributed by atoms with Crippen molar-refractivity contribution in [3.8, 4) is 11.5 Å². The maximum Gasteiger partial charge on any atom is 0.276 e. The van der Waals surface area contributed by atoms with E-state index < -0.39 is 0 Å². The molecular formula is C9H8N2OS2. The Morgan fingerprint density at radius 2 is 1.93 bits per heavy atom. The third kappa shape index (κ3) is 1.93. The average molecular weight is 224 g/mol. The number of nitrogens with zero attached hydrogens (tertiary/aromatic N) is 2.